The molecule has 0 bridgehead atoms. The summed E-state index contributed by atoms with van der Waals surface area (Å²) in [6.07, 6.45) is 9.06. The number of nitrogens with zero attached hydrogens (tertiary/aromatic N) is 1. The highest BCUT2D eigenvalue weighted by Crippen LogP contribution is 2.42. The molecular formula is C25H40N2O3. The number of carbonyl (C=O) groups excluding carboxylic acids is 1. The second-order valence-corrected chi connectivity index (χ2v) is 9.53. The molecule has 0 saturated carbocycles. The first-order chi connectivity index (χ1) is 14.1. The molecule has 168 valence electrons. The summed E-state index contributed by atoms with van der Waals surface area (Å²) >= 11 is 0. The first kappa shape index (κ1) is 24.2. The molecule has 1 aliphatic rings. The van der Waals surface area contributed by atoms with Crippen LogP contribution in [0.5, 0.6) is 0 Å². The Morgan fingerprint density at radius 1 is 1.03 bits per heavy atom. The smallest absolute Gasteiger partial charge is 0.307 e. The Morgan fingerprint density at radius 3 is 2.27 bits per heavy atom. The first-order valence-corrected chi connectivity index (χ1v) is 11.5. The molecule has 5 nitrogen and oxygen atoms in total. The van der Waals surface area contributed by atoms with E-state index in [0.717, 1.165) is 48.2 Å². The van der Waals surface area contributed by atoms with E-state index in [-0.39, 0.29) is 12.3 Å². The van der Waals surface area contributed by atoms with Crippen LogP contribution in [-0.2, 0) is 28.9 Å². The van der Waals surface area contributed by atoms with Gasteiger partial charge in [-0.15, -0.1) is 0 Å². The van der Waals surface area contributed by atoms with Crippen LogP contribution in [0.1, 0.15) is 87.1 Å². The van der Waals surface area contributed by atoms with E-state index in [2.05, 4.69) is 18.7 Å². The van der Waals surface area contributed by atoms with Gasteiger partial charge < -0.3 is 15.7 Å². The van der Waals surface area contributed by atoms with Crippen LogP contribution in [0.3, 0.4) is 0 Å². The second-order valence-electron chi connectivity index (χ2n) is 9.53. The van der Waals surface area contributed by atoms with Gasteiger partial charge in [0.1, 0.15) is 0 Å². The van der Waals surface area contributed by atoms with Crippen LogP contribution in [0.2, 0.25) is 0 Å². The van der Waals surface area contributed by atoms with Gasteiger partial charge in [-0.2, -0.15) is 0 Å². The van der Waals surface area contributed by atoms with E-state index < -0.39 is 11.4 Å². The Hall–Kier alpha value is -2.04. The molecule has 0 saturated heterocycles. The predicted octanol–water partition coefficient (Wildman–Crippen LogP) is 4.71. The number of nitrogens with two attached hydrogens (primary N) is 1. The molecule has 0 atom stereocenters. The van der Waals surface area contributed by atoms with Crippen LogP contribution >= 0.6 is 0 Å². The number of carboxylic acid groups (broad SMARTS) is 1. The highest BCUT2D eigenvalue weighted by atomic mass is 16.4. The van der Waals surface area contributed by atoms with Crippen LogP contribution < -0.4 is 10.6 Å². The lowest BCUT2D eigenvalue weighted by Gasteiger charge is -2.30. The molecular weight excluding hydrogens is 376 g/mol. The van der Waals surface area contributed by atoms with Crippen molar-refractivity contribution in [1.82, 2.24) is 0 Å². The Balaban J connectivity index is 2.37. The number of unbranched alkanes of at least 4 members (excludes halogenated alkanes) is 5. The van der Waals surface area contributed by atoms with Crippen molar-refractivity contribution in [3.8, 4) is 0 Å². The third-order valence-corrected chi connectivity index (χ3v) is 6.73. The van der Waals surface area contributed by atoms with Gasteiger partial charge in [0.05, 0.1) is 6.42 Å². The van der Waals surface area contributed by atoms with E-state index in [1.165, 1.54) is 43.4 Å². The van der Waals surface area contributed by atoms with Crippen LogP contribution in [0, 0.1) is 19.3 Å². The lowest BCUT2D eigenvalue weighted by atomic mass is 9.79. The molecule has 2 rings (SSSR count). The van der Waals surface area contributed by atoms with Crippen molar-refractivity contribution in [3.05, 3.63) is 27.8 Å². The minimum Gasteiger partial charge on any atom is -0.481 e. The van der Waals surface area contributed by atoms with E-state index >= 15 is 0 Å². The molecule has 0 spiro atoms. The van der Waals surface area contributed by atoms with Gasteiger partial charge in [0.15, 0.2) is 0 Å². The number of primary amides is 1. The maximum absolute atomic E-state index is 12.1. The lowest BCUT2D eigenvalue weighted by Crippen LogP contribution is -2.34. The van der Waals surface area contributed by atoms with Crippen molar-refractivity contribution in [3.63, 3.8) is 0 Å². The van der Waals surface area contributed by atoms with Crippen molar-refractivity contribution < 1.29 is 14.7 Å². The fourth-order valence-corrected chi connectivity index (χ4v) is 4.70. The third-order valence-electron chi connectivity index (χ3n) is 6.73. The summed E-state index contributed by atoms with van der Waals surface area (Å²) in [6.45, 7) is 12.0. The van der Waals surface area contributed by atoms with Gasteiger partial charge in [-0.05, 0) is 60.9 Å². The zero-order valence-electron chi connectivity index (χ0n) is 19.6. The maximum atomic E-state index is 12.1. The molecule has 1 aromatic carbocycles. The molecule has 5 heteroatoms. The zero-order chi connectivity index (χ0) is 22.5. The van der Waals surface area contributed by atoms with Crippen molar-refractivity contribution in [2.45, 2.75) is 92.4 Å². The van der Waals surface area contributed by atoms with Gasteiger partial charge in [-0.1, -0.05) is 52.9 Å². The normalized spacial score (nSPS) is 13.6. The summed E-state index contributed by atoms with van der Waals surface area (Å²) in [6, 6.07) is 0. The number of amides is 1. The van der Waals surface area contributed by atoms with Gasteiger partial charge in [0.2, 0.25) is 5.91 Å². The Kier molecular flexibility index (Phi) is 8.34. The number of carbonyl (C=O) groups is 2. The fourth-order valence-electron chi connectivity index (χ4n) is 4.70. The molecule has 1 amide bonds. The number of hydrogen-bond acceptors (Lipinski definition) is 3. The minimum absolute atomic E-state index is 0.0202. The largest absolute Gasteiger partial charge is 0.481 e. The molecule has 3 N–H and O–H groups in total. The molecule has 1 aliphatic heterocycles. The maximum Gasteiger partial charge on any atom is 0.307 e. The quantitative estimate of drug-likeness (QED) is 0.484. The Labute approximate surface area is 182 Å². The summed E-state index contributed by atoms with van der Waals surface area (Å²) in [5, 5.41) is 9.45. The van der Waals surface area contributed by atoms with Crippen LogP contribution in [-0.4, -0.2) is 30.1 Å². The summed E-state index contributed by atoms with van der Waals surface area (Å²) < 4.78 is 0. The number of anilines is 1. The molecule has 30 heavy (non-hydrogen) atoms. The average Bonchev–Trinajstić information content (AvgIpc) is 3.08. The van der Waals surface area contributed by atoms with Gasteiger partial charge in [0.25, 0.3) is 0 Å². The summed E-state index contributed by atoms with van der Waals surface area (Å²) in [4.78, 5) is 26.0. The summed E-state index contributed by atoms with van der Waals surface area (Å²) in [5.74, 6) is -1.14. The number of aliphatic carboxylic acids is 1. The Bertz CT molecular complexity index is 783. The van der Waals surface area contributed by atoms with Gasteiger partial charge in [-0.25, -0.2) is 0 Å². The van der Waals surface area contributed by atoms with Crippen molar-refractivity contribution in [2.24, 2.45) is 11.1 Å². The molecule has 0 aromatic heterocycles. The SMILES string of the molecule is CCCCCCCCN1CCc2c(C)c(CC(=O)O)c(C)c(CC(C)(C)C(N)=O)c21. The standard InChI is InChI=1S/C25H40N2O3/c1-6-7-8-9-10-11-13-27-14-12-19-17(2)20(15-22(28)29)18(3)21(23(19)27)16-25(4,5)24(26)30/h6-16H2,1-5H3,(H2,26,30)(H,28,29). The highest BCUT2D eigenvalue weighted by Gasteiger charge is 2.33. The average molecular weight is 417 g/mol. The number of carboxylic acids is 1. The van der Waals surface area contributed by atoms with E-state index in [4.69, 9.17) is 5.73 Å². The topological polar surface area (TPSA) is 83.6 Å². The summed E-state index contributed by atoms with van der Waals surface area (Å²) in [5.41, 5.74) is 11.6. The third kappa shape index (κ3) is 5.55. The van der Waals surface area contributed by atoms with E-state index in [9.17, 15) is 14.7 Å². The van der Waals surface area contributed by atoms with Crippen LogP contribution in [0.4, 0.5) is 5.69 Å². The zero-order valence-corrected chi connectivity index (χ0v) is 19.6. The van der Waals surface area contributed by atoms with Gasteiger partial charge in [-0.3, -0.25) is 9.59 Å². The van der Waals surface area contributed by atoms with Gasteiger partial charge in [0, 0.05) is 24.2 Å². The highest BCUT2D eigenvalue weighted by molar-refractivity contribution is 5.82. The minimum atomic E-state index is -0.816. The summed E-state index contributed by atoms with van der Waals surface area (Å²) in [7, 11) is 0. The Morgan fingerprint density at radius 2 is 1.67 bits per heavy atom. The molecule has 0 radical (unpaired) electrons. The monoisotopic (exact) mass is 416 g/mol. The number of hydrogen-bond donors (Lipinski definition) is 2. The second kappa shape index (κ2) is 10.3. The van der Waals surface area contributed by atoms with E-state index in [0.29, 0.717) is 6.42 Å². The first-order valence-electron chi connectivity index (χ1n) is 11.5. The predicted molar refractivity (Wildman–Crippen MR) is 123 cm³/mol. The molecule has 0 aliphatic carbocycles. The van der Waals surface area contributed by atoms with Crippen molar-refractivity contribution >= 4 is 17.6 Å². The molecule has 0 fully saturated rings. The van der Waals surface area contributed by atoms with E-state index in [1.54, 1.807) is 0 Å². The fraction of sp³-hybridized carbons (Fsp3) is 0.680. The van der Waals surface area contributed by atoms with E-state index in [1.807, 2.05) is 20.8 Å². The number of fused-ring (bicyclic) bond motifs is 1. The molecule has 0 unspecified atom stereocenters. The van der Waals surface area contributed by atoms with Crippen molar-refractivity contribution in [1.29, 1.82) is 0 Å². The van der Waals surface area contributed by atoms with Crippen LogP contribution in [0.25, 0.3) is 0 Å². The van der Waals surface area contributed by atoms with Crippen molar-refractivity contribution in [2.75, 3.05) is 18.0 Å². The van der Waals surface area contributed by atoms with Gasteiger partial charge >= 0.3 is 5.97 Å². The lowest BCUT2D eigenvalue weighted by molar-refractivity contribution is -0.136. The molecule has 1 heterocycles. The van der Waals surface area contributed by atoms with Crippen LogP contribution in [0.15, 0.2) is 0 Å². The number of benzene rings is 1. The molecule has 1 aromatic rings. The number of rotatable bonds is 12.